The molecule has 2 aliphatic carbocycles. The van der Waals surface area contributed by atoms with E-state index in [0.717, 1.165) is 12.8 Å². The van der Waals surface area contributed by atoms with Gasteiger partial charge in [0.1, 0.15) is 0 Å². The molecule has 3 unspecified atom stereocenters. The van der Waals surface area contributed by atoms with Crippen LogP contribution in [-0.2, 0) is 0 Å². The third-order valence-electron chi connectivity index (χ3n) is 2.91. The average molecular weight is 237 g/mol. The van der Waals surface area contributed by atoms with Crippen molar-refractivity contribution in [3.8, 4) is 0 Å². The normalized spacial score (nSPS) is 39.4. The fourth-order valence-electron chi connectivity index (χ4n) is 2.43. The maximum Gasteiger partial charge on any atom is 0.301 e. The van der Waals surface area contributed by atoms with Crippen molar-refractivity contribution in [1.82, 2.24) is 0 Å². The van der Waals surface area contributed by atoms with Gasteiger partial charge in [0.15, 0.2) is 0 Å². The molecule has 0 radical (unpaired) electrons. The van der Waals surface area contributed by atoms with Crippen molar-refractivity contribution in [3.63, 3.8) is 0 Å². The lowest BCUT2D eigenvalue weighted by molar-refractivity contribution is 0.0777. The molecule has 0 aromatic rings. The van der Waals surface area contributed by atoms with Crippen LogP contribution < -0.4 is 0 Å². The van der Waals surface area contributed by atoms with Crippen LogP contribution >= 0.6 is 15.9 Å². The fraction of sp³-hybridized carbons (Fsp3) is 0.778. The first-order valence-electron chi connectivity index (χ1n) is 4.30. The minimum atomic E-state index is -2.66. The SMILES string of the molecule is FC(F)(Br)CC1CC2C=CC1C2. The number of hydrogen-bond acceptors (Lipinski definition) is 0. The first-order chi connectivity index (χ1) is 5.54. The smallest absolute Gasteiger partial charge is 0.194 e. The molecular weight excluding hydrogens is 226 g/mol. The lowest BCUT2D eigenvalue weighted by Gasteiger charge is -2.20. The molecule has 2 bridgehead atoms. The van der Waals surface area contributed by atoms with Gasteiger partial charge in [0.25, 0.3) is 0 Å². The van der Waals surface area contributed by atoms with E-state index in [0.29, 0.717) is 11.8 Å². The second kappa shape index (κ2) is 2.79. The van der Waals surface area contributed by atoms with E-state index in [1.54, 1.807) is 0 Å². The monoisotopic (exact) mass is 236 g/mol. The zero-order chi connectivity index (χ0) is 8.77. The largest absolute Gasteiger partial charge is 0.301 e. The molecule has 0 nitrogen and oxygen atoms in total. The van der Waals surface area contributed by atoms with E-state index in [4.69, 9.17) is 0 Å². The summed E-state index contributed by atoms with van der Waals surface area (Å²) in [7, 11) is 0. The minimum Gasteiger partial charge on any atom is -0.194 e. The number of allylic oxidation sites excluding steroid dienone is 2. The van der Waals surface area contributed by atoms with Crippen LogP contribution in [0.4, 0.5) is 8.78 Å². The molecular formula is C9H11BrF2. The van der Waals surface area contributed by atoms with Crippen molar-refractivity contribution in [2.24, 2.45) is 17.8 Å². The van der Waals surface area contributed by atoms with E-state index in [-0.39, 0.29) is 12.3 Å². The molecule has 0 N–H and O–H groups in total. The number of alkyl halides is 3. The van der Waals surface area contributed by atoms with Crippen LogP contribution in [0.3, 0.4) is 0 Å². The van der Waals surface area contributed by atoms with Crippen LogP contribution in [0.15, 0.2) is 12.2 Å². The minimum absolute atomic E-state index is 0.00148. The van der Waals surface area contributed by atoms with Gasteiger partial charge >= 0.3 is 4.83 Å². The molecule has 1 fully saturated rings. The number of rotatable bonds is 2. The molecule has 3 atom stereocenters. The van der Waals surface area contributed by atoms with Crippen molar-refractivity contribution in [1.29, 1.82) is 0 Å². The van der Waals surface area contributed by atoms with Crippen LogP contribution in [0, 0.1) is 17.8 Å². The Hall–Kier alpha value is 0.0800. The van der Waals surface area contributed by atoms with Gasteiger partial charge in [-0.3, -0.25) is 0 Å². The predicted molar refractivity (Wildman–Crippen MR) is 47.3 cm³/mol. The second-order valence-corrected chi connectivity index (χ2v) is 5.02. The van der Waals surface area contributed by atoms with Crippen LogP contribution in [0.1, 0.15) is 19.3 Å². The van der Waals surface area contributed by atoms with Gasteiger partial charge in [-0.05, 0) is 46.5 Å². The lowest BCUT2D eigenvalue weighted by Crippen LogP contribution is -2.16. The number of halogens is 3. The summed E-state index contributed by atoms with van der Waals surface area (Å²) in [6.45, 7) is 0. The molecule has 1 saturated carbocycles. The number of hydrogen-bond donors (Lipinski definition) is 0. The summed E-state index contributed by atoms with van der Waals surface area (Å²) in [6.07, 6.45) is 6.35. The molecule has 0 heterocycles. The summed E-state index contributed by atoms with van der Waals surface area (Å²) < 4.78 is 25.2. The summed E-state index contributed by atoms with van der Waals surface area (Å²) in [5, 5.41) is 0. The van der Waals surface area contributed by atoms with Crippen LogP contribution in [0.5, 0.6) is 0 Å². The predicted octanol–water partition coefficient (Wildman–Crippen LogP) is 3.58. The second-order valence-electron chi connectivity index (χ2n) is 3.86. The van der Waals surface area contributed by atoms with E-state index in [1.807, 2.05) is 0 Å². The first kappa shape index (κ1) is 8.67. The molecule has 0 aromatic carbocycles. The topological polar surface area (TPSA) is 0 Å². The molecule has 0 saturated heterocycles. The fourth-order valence-corrected chi connectivity index (χ4v) is 2.84. The van der Waals surface area contributed by atoms with Crippen molar-refractivity contribution < 1.29 is 8.78 Å². The van der Waals surface area contributed by atoms with E-state index >= 15 is 0 Å². The standard InChI is InChI=1S/C9H11BrF2/c10-9(11,12)5-8-4-6-1-2-7(8)3-6/h1-2,6-8H,3-5H2. The summed E-state index contributed by atoms with van der Waals surface area (Å²) in [5.74, 6) is 1.22. The van der Waals surface area contributed by atoms with Gasteiger partial charge in [-0.15, -0.1) is 0 Å². The van der Waals surface area contributed by atoms with Gasteiger partial charge in [-0.25, -0.2) is 0 Å². The molecule has 2 rings (SSSR count). The van der Waals surface area contributed by atoms with Crippen LogP contribution in [0.2, 0.25) is 0 Å². The van der Waals surface area contributed by atoms with E-state index < -0.39 is 4.83 Å². The molecule has 3 heteroatoms. The van der Waals surface area contributed by atoms with Crippen molar-refractivity contribution in [2.45, 2.75) is 24.1 Å². The average Bonchev–Trinajstić information content (AvgIpc) is 2.42. The third-order valence-corrected chi connectivity index (χ3v) is 3.23. The summed E-state index contributed by atoms with van der Waals surface area (Å²) in [4.78, 5) is -2.66. The lowest BCUT2D eigenvalue weighted by atomic mass is 9.91. The molecule has 0 aromatic heterocycles. The van der Waals surface area contributed by atoms with Gasteiger partial charge in [0.2, 0.25) is 0 Å². The van der Waals surface area contributed by atoms with Gasteiger partial charge < -0.3 is 0 Å². The van der Waals surface area contributed by atoms with Crippen LogP contribution in [-0.4, -0.2) is 4.83 Å². The quantitative estimate of drug-likeness (QED) is 0.508. The third kappa shape index (κ3) is 1.70. The van der Waals surface area contributed by atoms with Gasteiger partial charge in [0, 0.05) is 6.42 Å². The zero-order valence-corrected chi connectivity index (χ0v) is 8.23. The number of fused-ring (bicyclic) bond motifs is 2. The Balaban J connectivity index is 1.96. The molecule has 12 heavy (non-hydrogen) atoms. The Labute approximate surface area is 79.2 Å². The van der Waals surface area contributed by atoms with Crippen molar-refractivity contribution >= 4 is 15.9 Å². The Bertz CT molecular complexity index is 207. The van der Waals surface area contributed by atoms with Gasteiger partial charge in [-0.1, -0.05) is 12.2 Å². The Morgan fingerprint density at radius 2 is 2.08 bits per heavy atom. The maximum atomic E-state index is 12.6. The Morgan fingerprint density at radius 3 is 2.50 bits per heavy atom. The Morgan fingerprint density at radius 1 is 1.33 bits per heavy atom. The highest BCUT2D eigenvalue weighted by atomic mass is 79.9. The first-order valence-corrected chi connectivity index (χ1v) is 5.09. The van der Waals surface area contributed by atoms with Gasteiger partial charge in [-0.2, -0.15) is 8.78 Å². The molecule has 0 aliphatic heterocycles. The van der Waals surface area contributed by atoms with Crippen molar-refractivity contribution in [2.75, 3.05) is 0 Å². The Kier molecular flexibility index (Phi) is 2.02. The summed E-state index contributed by atoms with van der Waals surface area (Å²) in [6, 6.07) is 0. The van der Waals surface area contributed by atoms with E-state index in [2.05, 4.69) is 28.1 Å². The highest BCUT2D eigenvalue weighted by Crippen LogP contribution is 2.48. The highest BCUT2D eigenvalue weighted by Gasteiger charge is 2.40. The highest BCUT2D eigenvalue weighted by molar-refractivity contribution is 9.09. The van der Waals surface area contributed by atoms with Crippen molar-refractivity contribution in [3.05, 3.63) is 12.2 Å². The molecule has 0 amide bonds. The van der Waals surface area contributed by atoms with Crippen LogP contribution in [0.25, 0.3) is 0 Å². The zero-order valence-electron chi connectivity index (χ0n) is 6.64. The van der Waals surface area contributed by atoms with E-state index in [9.17, 15) is 8.78 Å². The van der Waals surface area contributed by atoms with Gasteiger partial charge in [0.05, 0.1) is 0 Å². The van der Waals surface area contributed by atoms with E-state index in [1.165, 1.54) is 0 Å². The molecule has 2 aliphatic rings. The maximum absolute atomic E-state index is 12.6. The summed E-state index contributed by atoms with van der Waals surface area (Å²) >= 11 is 2.40. The molecule has 0 spiro atoms. The summed E-state index contributed by atoms with van der Waals surface area (Å²) in [5.41, 5.74) is 0. The molecule has 68 valence electrons.